The van der Waals surface area contributed by atoms with Crippen LogP contribution in [0.3, 0.4) is 0 Å². The number of amides is 1. The zero-order valence-electron chi connectivity index (χ0n) is 17.9. The fraction of sp³-hybridized carbons (Fsp3) is 0.318. The van der Waals surface area contributed by atoms with Crippen molar-refractivity contribution in [3.05, 3.63) is 57.8 Å². The van der Waals surface area contributed by atoms with Gasteiger partial charge in [0.1, 0.15) is 0 Å². The molecule has 0 saturated carbocycles. The molecule has 2 unspecified atom stereocenters. The number of carbonyl (C=O) groups is 1. The topological polar surface area (TPSA) is 113 Å². The van der Waals surface area contributed by atoms with Crippen molar-refractivity contribution >= 4 is 45.7 Å². The summed E-state index contributed by atoms with van der Waals surface area (Å²) >= 11 is -0.156. The molecule has 0 bridgehead atoms. The van der Waals surface area contributed by atoms with Crippen molar-refractivity contribution in [1.82, 2.24) is 13.6 Å². The molecule has 0 spiro atoms. The van der Waals surface area contributed by atoms with Crippen molar-refractivity contribution in [2.45, 2.75) is 32.7 Å². The summed E-state index contributed by atoms with van der Waals surface area (Å²) in [5.74, 6) is 0.152. The van der Waals surface area contributed by atoms with Crippen LogP contribution >= 0.6 is 22.5 Å². The van der Waals surface area contributed by atoms with Crippen molar-refractivity contribution in [2.24, 2.45) is 0 Å². The fourth-order valence-corrected chi connectivity index (χ4v) is 5.30. The maximum Gasteiger partial charge on any atom is 0.257 e. The van der Waals surface area contributed by atoms with Gasteiger partial charge in [-0.3, -0.25) is 4.79 Å². The molecule has 4 rings (SSSR count). The van der Waals surface area contributed by atoms with Gasteiger partial charge in [-0.05, 0) is 51.0 Å². The van der Waals surface area contributed by atoms with E-state index in [4.69, 9.17) is 0 Å². The smallest absolute Gasteiger partial charge is 0.257 e. The molecular formula is C22H25N5O3S2. The summed E-state index contributed by atoms with van der Waals surface area (Å²) in [4.78, 5) is 16.7. The summed E-state index contributed by atoms with van der Waals surface area (Å²) in [7, 11) is 0. The van der Waals surface area contributed by atoms with Gasteiger partial charge < -0.3 is 25.2 Å². The molecule has 1 aliphatic rings. The normalized spacial score (nSPS) is 15.0. The van der Waals surface area contributed by atoms with Crippen LogP contribution in [0.4, 0.5) is 17.3 Å². The molecule has 32 heavy (non-hydrogen) atoms. The molecule has 3 heterocycles. The van der Waals surface area contributed by atoms with E-state index in [1.54, 1.807) is 34.4 Å². The highest BCUT2D eigenvalue weighted by atomic mass is 32.2. The Morgan fingerprint density at radius 1 is 1.25 bits per heavy atom. The second-order valence-corrected chi connectivity index (χ2v) is 9.95. The van der Waals surface area contributed by atoms with Crippen molar-refractivity contribution in [3.63, 3.8) is 0 Å². The monoisotopic (exact) mass is 471 g/mol. The minimum atomic E-state index is -1.79. The predicted molar refractivity (Wildman–Crippen MR) is 127 cm³/mol. The number of rotatable bonds is 7. The second-order valence-electron chi connectivity index (χ2n) is 7.81. The Morgan fingerprint density at radius 3 is 2.62 bits per heavy atom. The number of nitrogens with zero attached hydrogens (tertiary/aromatic N) is 3. The minimum Gasteiger partial charge on any atom is -0.546 e. The average molecular weight is 472 g/mol. The molecule has 2 atom stereocenters. The lowest BCUT2D eigenvalue weighted by Gasteiger charge is -2.18. The Hall–Kier alpha value is -2.95. The molecule has 1 saturated heterocycles. The molecule has 168 valence electrons. The molecule has 0 radical (unpaired) electrons. The Bertz CT molecular complexity index is 1150. The van der Waals surface area contributed by atoms with E-state index in [1.165, 1.54) is 4.88 Å². The number of benzene rings is 1. The summed E-state index contributed by atoms with van der Waals surface area (Å²) in [6.07, 6.45) is 1.93. The summed E-state index contributed by atoms with van der Waals surface area (Å²) < 4.78 is 20.2. The van der Waals surface area contributed by atoms with Crippen molar-refractivity contribution in [2.75, 3.05) is 23.7 Å². The summed E-state index contributed by atoms with van der Waals surface area (Å²) in [5.41, 5.74) is 1.38. The van der Waals surface area contributed by atoms with Crippen LogP contribution in [-0.2, 0) is 0 Å². The Labute approximate surface area is 193 Å². The molecule has 1 fully saturated rings. The van der Waals surface area contributed by atoms with Gasteiger partial charge in [0.25, 0.3) is 5.91 Å². The van der Waals surface area contributed by atoms with Crippen LogP contribution in [0.5, 0.6) is 5.75 Å². The number of phenols is 1. The van der Waals surface area contributed by atoms with E-state index in [0.29, 0.717) is 24.6 Å². The number of aromatic hydroxyl groups is 1. The molecule has 10 heteroatoms. The third-order valence-electron chi connectivity index (χ3n) is 5.30. The Kier molecular flexibility index (Phi) is 6.45. The number of hydrogen-bond acceptors (Lipinski definition) is 8. The number of para-hydroxylation sites is 1. The quantitative estimate of drug-likeness (QED) is 0.253. The lowest BCUT2D eigenvalue weighted by atomic mass is 10.1. The maximum absolute atomic E-state index is 12.8. The van der Waals surface area contributed by atoms with Gasteiger partial charge in [-0.15, -0.1) is 11.3 Å². The number of phenolic OH excluding ortho intramolecular Hbond substituents is 1. The summed E-state index contributed by atoms with van der Waals surface area (Å²) in [6.45, 7) is 9.37. The first-order valence-electron chi connectivity index (χ1n) is 10.3. The Morgan fingerprint density at radius 2 is 1.97 bits per heavy atom. The molecule has 1 aromatic carbocycles. The Balaban J connectivity index is 1.60. The van der Waals surface area contributed by atoms with Gasteiger partial charge in [0.2, 0.25) is 11.6 Å². The van der Waals surface area contributed by atoms with Gasteiger partial charge in [0, 0.05) is 31.6 Å². The van der Waals surface area contributed by atoms with Crippen molar-refractivity contribution in [1.29, 1.82) is 0 Å². The van der Waals surface area contributed by atoms with Crippen LogP contribution in [0, 0.1) is 6.92 Å². The highest BCUT2D eigenvalue weighted by Gasteiger charge is 2.26. The lowest BCUT2D eigenvalue weighted by molar-refractivity contribution is 0.0790. The molecule has 8 nitrogen and oxygen atoms in total. The zero-order chi connectivity index (χ0) is 22.8. The van der Waals surface area contributed by atoms with Crippen LogP contribution in [0.15, 0.2) is 42.5 Å². The van der Waals surface area contributed by atoms with Gasteiger partial charge in [-0.2, -0.15) is 0 Å². The highest BCUT2D eigenvalue weighted by molar-refractivity contribution is 7.14. The molecule has 1 aliphatic heterocycles. The zero-order valence-corrected chi connectivity index (χ0v) is 19.6. The van der Waals surface area contributed by atoms with E-state index < -0.39 is 11.1 Å². The van der Waals surface area contributed by atoms with Crippen molar-refractivity contribution < 1.29 is 14.5 Å². The average Bonchev–Trinajstić information content (AvgIpc) is 3.49. The maximum atomic E-state index is 12.8. The predicted octanol–water partition coefficient (Wildman–Crippen LogP) is 4.99. The van der Waals surface area contributed by atoms with Gasteiger partial charge in [-0.25, -0.2) is 0 Å². The highest BCUT2D eigenvalue weighted by Crippen LogP contribution is 2.37. The largest absolute Gasteiger partial charge is 0.546 e. The van der Waals surface area contributed by atoms with Gasteiger partial charge in [-0.1, -0.05) is 18.2 Å². The van der Waals surface area contributed by atoms with E-state index in [-0.39, 0.29) is 29.1 Å². The number of thiophene rings is 1. The number of hydrogen-bond donors (Lipinski definition) is 3. The van der Waals surface area contributed by atoms with E-state index in [1.807, 2.05) is 26.0 Å². The number of anilines is 3. The molecule has 1 amide bonds. The number of aryl methyl sites for hydroxylation is 1. The molecule has 3 N–H and O–H groups in total. The second kappa shape index (κ2) is 9.27. The van der Waals surface area contributed by atoms with Crippen LogP contribution in [0.25, 0.3) is 0 Å². The molecular weight excluding hydrogens is 446 g/mol. The first-order valence-corrected chi connectivity index (χ1v) is 12.2. The third-order valence-corrected chi connectivity index (χ3v) is 7.04. The summed E-state index contributed by atoms with van der Waals surface area (Å²) in [6, 6.07) is 8.73. The van der Waals surface area contributed by atoms with E-state index >= 15 is 0 Å². The van der Waals surface area contributed by atoms with Gasteiger partial charge >= 0.3 is 0 Å². The standard InChI is InChI=1S/C22H25N5O3S2/c1-13(2)18(17-10-9-14(3)31-17)24-21-20(25-32(30)26-21)23-16-8-6-7-15(19(16)28)22(29)27-11-4-5-12-27/h6-10,18,28H,1,4-5,11-12H2,2-3H3,(H,23,25)(H,24,26). The molecule has 0 aliphatic carbocycles. The summed E-state index contributed by atoms with van der Waals surface area (Å²) in [5, 5.41) is 17.0. The van der Waals surface area contributed by atoms with Crippen LogP contribution in [-0.4, -0.2) is 42.3 Å². The lowest BCUT2D eigenvalue weighted by Crippen LogP contribution is -2.27. The molecule has 3 aromatic rings. The SMILES string of the molecule is C=C(C)C(Nc1n[s+]([O-])nc1Nc1cccc(C(=O)N2CCCC2)c1O)c1ccc(C)s1. The van der Waals surface area contributed by atoms with E-state index in [0.717, 1.165) is 23.3 Å². The number of likely N-dealkylation sites (tertiary alicyclic amines) is 1. The van der Waals surface area contributed by atoms with E-state index in [9.17, 15) is 14.5 Å². The number of aromatic nitrogens is 2. The third kappa shape index (κ3) is 4.62. The van der Waals surface area contributed by atoms with Crippen LogP contribution in [0.1, 0.15) is 45.9 Å². The minimum absolute atomic E-state index is 0.172. The number of nitrogens with one attached hydrogen (secondary N) is 2. The van der Waals surface area contributed by atoms with Gasteiger partial charge in [0.15, 0.2) is 16.9 Å². The fourth-order valence-electron chi connectivity index (χ4n) is 3.66. The first-order chi connectivity index (χ1) is 15.3. The van der Waals surface area contributed by atoms with E-state index in [2.05, 4.69) is 26.0 Å². The van der Waals surface area contributed by atoms with Crippen molar-refractivity contribution in [3.8, 4) is 5.75 Å². The first kappa shape index (κ1) is 22.3. The van der Waals surface area contributed by atoms with Crippen LogP contribution < -0.4 is 10.6 Å². The van der Waals surface area contributed by atoms with Gasteiger partial charge in [0.05, 0.1) is 17.3 Å². The van der Waals surface area contributed by atoms with Crippen LogP contribution in [0.2, 0.25) is 0 Å². The number of carbonyl (C=O) groups excluding carboxylic acids is 1. The molecule has 2 aromatic heterocycles.